The van der Waals surface area contributed by atoms with Crippen LogP contribution in [0.3, 0.4) is 0 Å². The number of thioether (sulfide) groups is 1. The van der Waals surface area contributed by atoms with Crippen molar-refractivity contribution >= 4 is 23.9 Å². The number of amides is 1. The molecule has 1 aromatic heterocycles. The van der Waals surface area contributed by atoms with Crippen LogP contribution in [0.2, 0.25) is 0 Å². The number of carbonyl (C=O) groups excluding carboxylic acids is 1. The van der Waals surface area contributed by atoms with E-state index in [-0.39, 0.29) is 11.7 Å². The number of hydrazone groups is 1. The molecule has 0 aliphatic carbocycles. The molecule has 9 nitrogen and oxygen atoms in total. The lowest BCUT2D eigenvalue weighted by Gasteiger charge is -2.13. The molecule has 1 amide bonds. The third-order valence-corrected chi connectivity index (χ3v) is 6.35. The number of benzene rings is 3. The summed E-state index contributed by atoms with van der Waals surface area (Å²) in [6.07, 6.45) is 1.49. The molecule has 0 aliphatic rings. The van der Waals surface area contributed by atoms with Gasteiger partial charge < -0.3 is 14.2 Å². The molecule has 37 heavy (non-hydrogen) atoms. The summed E-state index contributed by atoms with van der Waals surface area (Å²) in [6.45, 7) is 2.04. The molecule has 0 radical (unpaired) electrons. The number of methoxy groups -OCH3 is 3. The number of aryl methyl sites for hydroxylation is 1. The third kappa shape index (κ3) is 5.92. The highest BCUT2D eigenvalue weighted by molar-refractivity contribution is 7.99. The minimum Gasteiger partial charge on any atom is -0.493 e. The van der Waals surface area contributed by atoms with Crippen LogP contribution in [-0.4, -0.2) is 54.0 Å². The van der Waals surface area contributed by atoms with Crippen LogP contribution in [0.5, 0.6) is 17.2 Å². The number of carbonyl (C=O) groups is 1. The smallest absolute Gasteiger partial charge is 0.250 e. The molecule has 0 aliphatic heterocycles. The van der Waals surface area contributed by atoms with Gasteiger partial charge in [-0.15, -0.1) is 10.2 Å². The Kier molecular flexibility index (Phi) is 8.42. The van der Waals surface area contributed by atoms with Gasteiger partial charge in [0.05, 0.1) is 33.3 Å². The second kappa shape index (κ2) is 12.1. The van der Waals surface area contributed by atoms with Crippen molar-refractivity contribution in [3.63, 3.8) is 0 Å². The summed E-state index contributed by atoms with van der Waals surface area (Å²) < 4.78 is 18.1. The van der Waals surface area contributed by atoms with E-state index in [1.807, 2.05) is 66.1 Å². The monoisotopic (exact) mass is 517 g/mol. The van der Waals surface area contributed by atoms with E-state index in [1.54, 1.807) is 19.2 Å². The first-order valence-corrected chi connectivity index (χ1v) is 12.4. The van der Waals surface area contributed by atoms with E-state index in [2.05, 4.69) is 20.7 Å². The van der Waals surface area contributed by atoms with Crippen LogP contribution >= 0.6 is 11.8 Å². The lowest BCUT2D eigenvalue weighted by atomic mass is 10.1. The SMILES string of the molecule is COc1ccc(C=NNC(=O)CSc2nnc(-c3ccc(C)cc3)n2-c2ccccc2)c(OC)c1OC. The molecular weight excluding hydrogens is 490 g/mol. The summed E-state index contributed by atoms with van der Waals surface area (Å²) in [5.74, 6) is 1.94. The first kappa shape index (κ1) is 25.8. The summed E-state index contributed by atoms with van der Waals surface area (Å²) in [6, 6.07) is 21.4. The zero-order valence-electron chi connectivity index (χ0n) is 21.0. The molecule has 0 spiro atoms. The number of nitrogens with zero attached hydrogens (tertiary/aromatic N) is 4. The maximum absolute atomic E-state index is 12.6. The van der Waals surface area contributed by atoms with Crippen molar-refractivity contribution in [3.8, 4) is 34.3 Å². The first-order valence-electron chi connectivity index (χ1n) is 11.4. The Morgan fingerprint density at radius 1 is 0.946 bits per heavy atom. The minimum atomic E-state index is -0.291. The topological polar surface area (TPSA) is 99.9 Å². The number of hydrogen-bond donors (Lipinski definition) is 1. The predicted molar refractivity (Wildman–Crippen MR) is 144 cm³/mol. The molecule has 4 rings (SSSR count). The highest BCUT2D eigenvalue weighted by Gasteiger charge is 2.18. The lowest BCUT2D eigenvalue weighted by molar-refractivity contribution is -0.118. The van der Waals surface area contributed by atoms with Crippen LogP contribution in [0.4, 0.5) is 0 Å². The maximum atomic E-state index is 12.6. The van der Waals surface area contributed by atoms with Gasteiger partial charge in [-0.1, -0.05) is 59.8 Å². The highest BCUT2D eigenvalue weighted by atomic mass is 32.2. The van der Waals surface area contributed by atoms with Gasteiger partial charge in [0, 0.05) is 16.8 Å². The number of nitrogens with one attached hydrogen (secondary N) is 1. The van der Waals surface area contributed by atoms with Crippen molar-refractivity contribution in [2.45, 2.75) is 12.1 Å². The normalized spacial score (nSPS) is 10.9. The second-order valence-electron chi connectivity index (χ2n) is 7.85. The standard InChI is InChI=1S/C27H27N5O4S/c1-18-10-12-19(13-11-18)26-30-31-27(32(26)21-8-6-5-7-9-21)37-17-23(33)29-28-16-20-14-15-22(34-2)25(36-4)24(20)35-3/h5-16H,17H2,1-4H3,(H,29,33). The molecule has 4 aromatic rings. The van der Waals surface area contributed by atoms with E-state index >= 15 is 0 Å². The van der Waals surface area contributed by atoms with Crippen LogP contribution < -0.4 is 19.6 Å². The number of rotatable bonds is 10. The summed E-state index contributed by atoms with van der Waals surface area (Å²) >= 11 is 1.28. The van der Waals surface area contributed by atoms with Gasteiger partial charge in [0.2, 0.25) is 5.75 Å². The Labute approximate surface area is 219 Å². The second-order valence-corrected chi connectivity index (χ2v) is 8.79. The van der Waals surface area contributed by atoms with Crippen molar-refractivity contribution in [1.29, 1.82) is 0 Å². The van der Waals surface area contributed by atoms with E-state index in [4.69, 9.17) is 14.2 Å². The quantitative estimate of drug-likeness (QED) is 0.188. The van der Waals surface area contributed by atoms with Gasteiger partial charge in [-0.25, -0.2) is 5.43 Å². The van der Waals surface area contributed by atoms with Crippen LogP contribution in [0, 0.1) is 6.92 Å². The molecule has 3 aromatic carbocycles. The van der Waals surface area contributed by atoms with Crippen LogP contribution in [0.1, 0.15) is 11.1 Å². The Morgan fingerprint density at radius 2 is 1.68 bits per heavy atom. The Hall–Kier alpha value is -4.31. The van der Waals surface area contributed by atoms with Gasteiger partial charge >= 0.3 is 0 Å². The molecule has 0 bridgehead atoms. The predicted octanol–water partition coefficient (Wildman–Crippen LogP) is 4.51. The van der Waals surface area contributed by atoms with Gasteiger partial charge in [-0.2, -0.15) is 5.10 Å². The lowest BCUT2D eigenvalue weighted by Crippen LogP contribution is -2.20. The zero-order valence-corrected chi connectivity index (χ0v) is 21.8. The van der Waals surface area contributed by atoms with E-state index in [1.165, 1.54) is 32.2 Å². The fourth-order valence-corrected chi connectivity index (χ4v) is 4.37. The number of hydrogen-bond acceptors (Lipinski definition) is 8. The molecule has 0 saturated carbocycles. The molecular formula is C27H27N5O4S. The van der Waals surface area contributed by atoms with Crippen molar-refractivity contribution in [3.05, 3.63) is 77.9 Å². The van der Waals surface area contributed by atoms with E-state index in [0.717, 1.165) is 16.8 Å². The summed E-state index contributed by atoms with van der Waals surface area (Å²) in [5, 5.41) is 13.5. The fraction of sp³-hybridized carbons (Fsp3) is 0.185. The van der Waals surface area contributed by atoms with E-state index in [0.29, 0.717) is 33.8 Å². The van der Waals surface area contributed by atoms with Crippen LogP contribution in [-0.2, 0) is 4.79 Å². The van der Waals surface area contributed by atoms with Crippen LogP contribution in [0.25, 0.3) is 17.1 Å². The fourth-order valence-electron chi connectivity index (χ4n) is 3.63. The van der Waals surface area contributed by atoms with Crippen LogP contribution in [0.15, 0.2) is 77.0 Å². The zero-order chi connectivity index (χ0) is 26.2. The maximum Gasteiger partial charge on any atom is 0.250 e. The molecule has 1 heterocycles. The Bertz CT molecular complexity index is 1390. The summed E-state index contributed by atoms with van der Waals surface area (Å²) in [7, 11) is 4.60. The van der Waals surface area contributed by atoms with Gasteiger partial charge in [0.25, 0.3) is 5.91 Å². The minimum absolute atomic E-state index is 0.0965. The summed E-state index contributed by atoms with van der Waals surface area (Å²) in [5.41, 5.74) is 6.18. The molecule has 10 heteroatoms. The highest BCUT2D eigenvalue weighted by Crippen LogP contribution is 2.39. The van der Waals surface area contributed by atoms with Gasteiger partial charge in [0.15, 0.2) is 22.5 Å². The summed E-state index contributed by atoms with van der Waals surface area (Å²) in [4.78, 5) is 12.6. The molecule has 0 atom stereocenters. The van der Waals surface area contributed by atoms with Gasteiger partial charge in [-0.3, -0.25) is 9.36 Å². The van der Waals surface area contributed by atoms with Crippen molar-refractivity contribution in [2.75, 3.05) is 27.1 Å². The van der Waals surface area contributed by atoms with Gasteiger partial charge in [-0.05, 0) is 31.2 Å². The van der Waals surface area contributed by atoms with Crippen molar-refractivity contribution < 1.29 is 19.0 Å². The first-order chi connectivity index (χ1) is 18.0. The van der Waals surface area contributed by atoms with E-state index in [9.17, 15) is 4.79 Å². The Balaban J connectivity index is 1.49. The largest absolute Gasteiger partial charge is 0.493 e. The molecule has 0 unspecified atom stereocenters. The average molecular weight is 518 g/mol. The molecule has 0 fully saturated rings. The number of ether oxygens (including phenoxy) is 3. The Morgan fingerprint density at radius 3 is 2.35 bits per heavy atom. The van der Waals surface area contributed by atoms with Gasteiger partial charge in [0.1, 0.15) is 0 Å². The molecule has 190 valence electrons. The van der Waals surface area contributed by atoms with Crippen molar-refractivity contribution in [1.82, 2.24) is 20.2 Å². The van der Waals surface area contributed by atoms with E-state index < -0.39 is 0 Å². The molecule has 1 N–H and O–H groups in total. The number of aromatic nitrogens is 3. The average Bonchev–Trinajstić information content (AvgIpc) is 3.36. The number of para-hydroxylation sites is 1. The van der Waals surface area contributed by atoms with Crippen molar-refractivity contribution in [2.24, 2.45) is 5.10 Å². The molecule has 0 saturated heterocycles. The third-order valence-electron chi connectivity index (χ3n) is 5.42.